The molecule has 0 saturated carbocycles. The highest BCUT2D eigenvalue weighted by Gasteiger charge is 2.10. The first-order chi connectivity index (χ1) is 8.58. The number of aryl methyl sites for hydroxylation is 1. The fourth-order valence-corrected chi connectivity index (χ4v) is 2.05. The molecule has 18 heavy (non-hydrogen) atoms. The first kappa shape index (κ1) is 14.9. The van der Waals surface area contributed by atoms with Crippen molar-refractivity contribution < 1.29 is 19.1 Å². The van der Waals surface area contributed by atoms with E-state index >= 15 is 0 Å². The summed E-state index contributed by atoms with van der Waals surface area (Å²) in [5.74, 6) is -0.597. The molecule has 0 heterocycles. The summed E-state index contributed by atoms with van der Waals surface area (Å²) < 4.78 is 10.5. The molecule has 0 spiro atoms. The van der Waals surface area contributed by atoms with Crippen LogP contribution in [0, 0.1) is 3.57 Å². The topological polar surface area (TPSA) is 52.6 Å². The van der Waals surface area contributed by atoms with E-state index in [0.29, 0.717) is 25.0 Å². The predicted molar refractivity (Wildman–Crippen MR) is 75.5 cm³/mol. The van der Waals surface area contributed by atoms with E-state index in [1.807, 2.05) is 6.07 Å². The van der Waals surface area contributed by atoms with Crippen molar-refractivity contribution in [2.24, 2.45) is 0 Å². The van der Waals surface area contributed by atoms with Gasteiger partial charge in [-0.2, -0.15) is 0 Å². The van der Waals surface area contributed by atoms with Crippen molar-refractivity contribution in [2.75, 3.05) is 13.7 Å². The van der Waals surface area contributed by atoms with Crippen molar-refractivity contribution in [2.45, 2.75) is 19.8 Å². The standard InChI is InChI=1S/C13H15IO4/c1-3-18-13(16)10-4-6-11(14)9(8-10)5-7-12(15)17-2/h4,6,8H,3,5,7H2,1-2H3. The zero-order valence-corrected chi connectivity index (χ0v) is 12.5. The third-order valence-electron chi connectivity index (χ3n) is 2.38. The molecule has 0 aromatic heterocycles. The minimum absolute atomic E-state index is 0.257. The number of benzene rings is 1. The van der Waals surface area contributed by atoms with Crippen molar-refractivity contribution in [1.29, 1.82) is 0 Å². The predicted octanol–water partition coefficient (Wildman–Crippen LogP) is 2.57. The average Bonchev–Trinajstić information content (AvgIpc) is 2.37. The molecule has 0 fully saturated rings. The van der Waals surface area contributed by atoms with Gasteiger partial charge in [-0.1, -0.05) is 0 Å². The second-order valence-corrected chi connectivity index (χ2v) is 4.76. The van der Waals surface area contributed by atoms with Gasteiger partial charge in [-0.15, -0.1) is 0 Å². The van der Waals surface area contributed by atoms with Crippen LogP contribution in [-0.2, 0) is 20.7 Å². The van der Waals surface area contributed by atoms with Crippen LogP contribution in [0.1, 0.15) is 29.3 Å². The molecule has 0 aliphatic rings. The fourth-order valence-electron chi connectivity index (χ4n) is 1.45. The van der Waals surface area contributed by atoms with Crippen LogP contribution in [0.3, 0.4) is 0 Å². The van der Waals surface area contributed by atoms with Gasteiger partial charge < -0.3 is 9.47 Å². The van der Waals surface area contributed by atoms with E-state index in [0.717, 1.165) is 9.13 Å². The first-order valence-electron chi connectivity index (χ1n) is 5.60. The summed E-state index contributed by atoms with van der Waals surface area (Å²) in [6.45, 7) is 2.12. The van der Waals surface area contributed by atoms with Gasteiger partial charge >= 0.3 is 11.9 Å². The van der Waals surface area contributed by atoms with Gasteiger partial charge in [-0.25, -0.2) is 4.79 Å². The van der Waals surface area contributed by atoms with Gasteiger partial charge in [0.25, 0.3) is 0 Å². The number of methoxy groups -OCH3 is 1. The van der Waals surface area contributed by atoms with Gasteiger partial charge in [0.2, 0.25) is 0 Å². The highest BCUT2D eigenvalue weighted by Crippen LogP contribution is 2.17. The van der Waals surface area contributed by atoms with Crippen LogP contribution in [0.2, 0.25) is 0 Å². The molecule has 0 aliphatic carbocycles. The van der Waals surface area contributed by atoms with Gasteiger partial charge in [0.1, 0.15) is 0 Å². The molecule has 1 aromatic carbocycles. The van der Waals surface area contributed by atoms with Crippen molar-refractivity contribution in [3.05, 3.63) is 32.9 Å². The minimum atomic E-state index is -0.340. The SMILES string of the molecule is CCOC(=O)c1ccc(I)c(CCC(=O)OC)c1. The Morgan fingerprint density at radius 3 is 2.67 bits per heavy atom. The van der Waals surface area contributed by atoms with Crippen LogP contribution in [0.4, 0.5) is 0 Å². The normalized spacial score (nSPS) is 9.94. The number of hydrogen-bond acceptors (Lipinski definition) is 4. The summed E-state index contributed by atoms with van der Waals surface area (Å²) in [6, 6.07) is 5.34. The lowest BCUT2D eigenvalue weighted by atomic mass is 10.1. The summed E-state index contributed by atoms with van der Waals surface area (Å²) in [5.41, 5.74) is 1.46. The maximum atomic E-state index is 11.6. The molecule has 0 radical (unpaired) electrons. The quantitative estimate of drug-likeness (QED) is 0.597. The van der Waals surface area contributed by atoms with Crippen LogP contribution in [-0.4, -0.2) is 25.7 Å². The Bertz CT molecular complexity index is 443. The number of rotatable bonds is 5. The highest BCUT2D eigenvalue weighted by molar-refractivity contribution is 14.1. The Hall–Kier alpha value is -1.11. The van der Waals surface area contributed by atoms with Crippen molar-refractivity contribution in [3.8, 4) is 0 Å². The fraction of sp³-hybridized carbons (Fsp3) is 0.385. The number of ether oxygens (including phenoxy) is 2. The number of esters is 2. The van der Waals surface area contributed by atoms with E-state index < -0.39 is 0 Å². The van der Waals surface area contributed by atoms with E-state index in [1.165, 1.54) is 7.11 Å². The average molecular weight is 362 g/mol. The van der Waals surface area contributed by atoms with Crippen molar-refractivity contribution >= 4 is 34.5 Å². The highest BCUT2D eigenvalue weighted by atomic mass is 127. The Morgan fingerprint density at radius 2 is 2.06 bits per heavy atom. The third kappa shape index (κ3) is 4.29. The van der Waals surface area contributed by atoms with E-state index in [9.17, 15) is 9.59 Å². The Labute approximate surface area is 120 Å². The van der Waals surface area contributed by atoms with E-state index in [2.05, 4.69) is 27.3 Å². The molecular formula is C13H15IO4. The number of carbonyl (C=O) groups is 2. The molecule has 0 aliphatic heterocycles. The smallest absolute Gasteiger partial charge is 0.338 e. The van der Waals surface area contributed by atoms with Crippen LogP contribution in [0.15, 0.2) is 18.2 Å². The van der Waals surface area contributed by atoms with Crippen LogP contribution in [0.25, 0.3) is 0 Å². The van der Waals surface area contributed by atoms with E-state index in [1.54, 1.807) is 19.1 Å². The van der Waals surface area contributed by atoms with Gasteiger partial charge in [-0.05, 0) is 59.7 Å². The molecule has 0 N–H and O–H groups in total. The maximum absolute atomic E-state index is 11.6. The Kier molecular flexibility index (Phi) is 6.11. The molecule has 0 amide bonds. The van der Waals surface area contributed by atoms with E-state index in [-0.39, 0.29) is 11.9 Å². The number of carbonyl (C=O) groups excluding carboxylic acids is 2. The maximum Gasteiger partial charge on any atom is 0.338 e. The van der Waals surface area contributed by atoms with Crippen molar-refractivity contribution in [1.82, 2.24) is 0 Å². The third-order valence-corrected chi connectivity index (χ3v) is 3.44. The first-order valence-corrected chi connectivity index (χ1v) is 6.68. The monoisotopic (exact) mass is 362 g/mol. The molecule has 5 heteroatoms. The summed E-state index contributed by atoms with van der Waals surface area (Å²) in [4.78, 5) is 22.7. The van der Waals surface area contributed by atoms with Gasteiger partial charge in [-0.3, -0.25) is 4.79 Å². The molecule has 0 atom stereocenters. The molecule has 1 aromatic rings. The lowest BCUT2D eigenvalue weighted by molar-refractivity contribution is -0.140. The summed E-state index contributed by atoms with van der Waals surface area (Å²) in [5, 5.41) is 0. The van der Waals surface area contributed by atoms with Crippen LogP contribution >= 0.6 is 22.6 Å². The molecule has 98 valence electrons. The summed E-state index contributed by atoms with van der Waals surface area (Å²) in [6.07, 6.45) is 0.858. The Balaban J connectivity index is 2.81. The molecular weight excluding hydrogens is 347 g/mol. The van der Waals surface area contributed by atoms with Crippen LogP contribution < -0.4 is 0 Å². The molecule has 0 unspecified atom stereocenters. The second kappa shape index (κ2) is 7.35. The summed E-state index contributed by atoms with van der Waals surface area (Å²) in [7, 11) is 1.36. The number of halogens is 1. The largest absolute Gasteiger partial charge is 0.469 e. The lowest BCUT2D eigenvalue weighted by Gasteiger charge is -2.07. The molecule has 4 nitrogen and oxygen atoms in total. The zero-order valence-electron chi connectivity index (χ0n) is 10.4. The van der Waals surface area contributed by atoms with Crippen LogP contribution in [0.5, 0.6) is 0 Å². The Morgan fingerprint density at radius 1 is 1.33 bits per heavy atom. The van der Waals surface area contributed by atoms with E-state index in [4.69, 9.17) is 4.74 Å². The van der Waals surface area contributed by atoms with Gasteiger partial charge in [0.05, 0.1) is 19.3 Å². The molecule has 1 rings (SSSR count). The summed E-state index contributed by atoms with van der Waals surface area (Å²) >= 11 is 2.18. The lowest BCUT2D eigenvalue weighted by Crippen LogP contribution is -2.07. The minimum Gasteiger partial charge on any atom is -0.469 e. The molecule has 0 bridgehead atoms. The zero-order chi connectivity index (χ0) is 13.5. The van der Waals surface area contributed by atoms with Gasteiger partial charge in [0, 0.05) is 9.99 Å². The number of hydrogen-bond donors (Lipinski definition) is 0. The second-order valence-electron chi connectivity index (χ2n) is 3.60. The van der Waals surface area contributed by atoms with Gasteiger partial charge in [0.15, 0.2) is 0 Å². The van der Waals surface area contributed by atoms with Crippen molar-refractivity contribution in [3.63, 3.8) is 0 Å². The molecule has 0 saturated heterocycles.